The lowest BCUT2D eigenvalue weighted by molar-refractivity contribution is 0.590. The van der Waals surface area contributed by atoms with Crippen LogP contribution in [0.1, 0.15) is 57.4 Å². The topological polar surface area (TPSA) is 80.6 Å². The second-order valence-corrected chi connectivity index (χ2v) is 9.75. The molecule has 7 nitrogen and oxygen atoms in total. The average molecular weight is 444 g/mol. The maximum absolute atomic E-state index is 4.87. The molecule has 0 unspecified atom stereocenters. The first-order valence-electron chi connectivity index (χ1n) is 11.5. The van der Waals surface area contributed by atoms with E-state index >= 15 is 0 Å². The molecule has 0 aliphatic carbocycles. The number of hydrogen-bond acceptors (Lipinski definition) is 6. The van der Waals surface area contributed by atoms with Gasteiger partial charge in [0, 0.05) is 30.7 Å². The first-order valence-corrected chi connectivity index (χ1v) is 11.5. The van der Waals surface area contributed by atoms with Gasteiger partial charge in [-0.1, -0.05) is 32.9 Å². The summed E-state index contributed by atoms with van der Waals surface area (Å²) in [6.07, 6.45) is 6.33. The number of nitrogens with one attached hydrogen (secondary N) is 2. The van der Waals surface area contributed by atoms with Crippen molar-refractivity contribution in [1.29, 1.82) is 0 Å². The van der Waals surface area contributed by atoms with E-state index in [-0.39, 0.29) is 11.5 Å². The fourth-order valence-corrected chi connectivity index (χ4v) is 3.72. The van der Waals surface area contributed by atoms with E-state index in [0.717, 1.165) is 35.6 Å². The largest absolute Gasteiger partial charge is 0.354 e. The third kappa shape index (κ3) is 5.13. The Kier molecular flexibility index (Phi) is 6.31. The summed E-state index contributed by atoms with van der Waals surface area (Å²) < 4.78 is 2.11. The van der Waals surface area contributed by atoms with Crippen molar-refractivity contribution in [3.63, 3.8) is 0 Å². The molecule has 0 saturated carbocycles. The van der Waals surface area contributed by atoms with Gasteiger partial charge in [-0.15, -0.1) is 0 Å². The van der Waals surface area contributed by atoms with E-state index in [1.54, 1.807) is 0 Å². The molecular formula is C26H33N7. The Balaban J connectivity index is 1.69. The summed E-state index contributed by atoms with van der Waals surface area (Å²) in [5.74, 6) is 1.32. The molecule has 7 heteroatoms. The molecule has 0 atom stereocenters. The van der Waals surface area contributed by atoms with Crippen LogP contribution in [0.4, 0.5) is 17.5 Å². The van der Waals surface area contributed by atoms with Gasteiger partial charge >= 0.3 is 0 Å². The van der Waals surface area contributed by atoms with Gasteiger partial charge in [0.25, 0.3) is 0 Å². The van der Waals surface area contributed by atoms with Gasteiger partial charge in [0.05, 0.1) is 6.33 Å². The Morgan fingerprint density at radius 1 is 1.03 bits per heavy atom. The van der Waals surface area contributed by atoms with Crippen LogP contribution < -0.4 is 10.6 Å². The Hall–Kier alpha value is -3.48. The van der Waals surface area contributed by atoms with Crippen molar-refractivity contribution >= 4 is 28.6 Å². The standard InChI is InChI=1S/C26H33N7/c1-17(2)33-16-29-23-22(33)24(30-21-15-20(26(4,5)6)8-7-18(21)3)32-25(31-23)28-14-11-19-9-12-27-13-10-19/h7-10,12-13,15-17H,11,14H2,1-6H3,(H2,28,30,31,32). The van der Waals surface area contributed by atoms with Crippen LogP contribution in [0.15, 0.2) is 49.1 Å². The van der Waals surface area contributed by atoms with Gasteiger partial charge in [-0.25, -0.2) is 4.98 Å². The van der Waals surface area contributed by atoms with Crippen molar-refractivity contribution in [3.05, 3.63) is 65.7 Å². The van der Waals surface area contributed by atoms with Gasteiger partial charge in [-0.2, -0.15) is 9.97 Å². The average Bonchev–Trinajstić information content (AvgIpc) is 3.20. The van der Waals surface area contributed by atoms with Gasteiger partial charge in [0.15, 0.2) is 11.5 Å². The molecule has 0 spiro atoms. The molecular weight excluding hydrogens is 410 g/mol. The van der Waals surface area contributed by atoms with Crippen LogP contribution >= 0.6 is 0 Å². The Morgan fingerprint density at radius 2 is 1.79 bits per heavy atom. The molecule has 3 aromatic heterocycles. The monoisotopic (exact) mass is 443 g/mol. The van der Waals surface area contributed by atoms with Crippen molar-refractivity contribution in [2.75, 3.05) is 17.2 Å². The number of aryl methyl sites for hydroxylation is 1. The Bertz CT molecular complexity index is 1240. The molecule has 0 aliphatic heterocycles. The van der Waals surface area contributed by atoms with Gasteiger partial charge in [-0.05, 0) is 67.5 Å². The summed E-state index contributed by atoms with van der Waals surface area (Å²) in [5.41, 5.74) is 6.34. The van der Waals surface area contributed by atoms with E-state index in [1.807, 2.05) is 30.9 Å². The minimum Gasteiger partial charge on any atom is -0.354 e. The number of fused-ring (bicyclic) bond motifs is 1. The molecule has 0 fully saturated rings. The van der Waals surface area contributed by atoms with Crippen molar-refractivity contribution < 1.29 is 0 Å². The smallest absolute Gasteiger partial charge is 0.226 e. The van der Waals surface area contributed by atoms with E-state index in [1.165, 1.54) is 11.1 Å². The van der Waals surface area contributed by atoms with Crippen molar-refractivity contribution in [3.8, 4) is 0 Å². The first-order chi connectivity index (χ1) is 15.7. The van der Waals surface area contributed by atoms with Crippen LogP contribution in [0.25, 0.3) is 11.2 Å². The third-order valence-electron chi connectivity index (χ3n) is 5.79. The van der Waals surface area contributed by atoms with E-state index in [4.69, 9.17) is 4.98 Å². The molecule has 0 bridgehead atoms. The highest BCUT2D eigenvalue weighted by atomic mass is 15.2. The highest BCUT2D eigenvalue weighted by Crippen LogP contribution is 2.31. The number of anilines is 3. The summed E-state index contributed by atoms with van der Waals surface area (Å²) in [4.78, 5) is 18.2. The van der Waals surface area contributed by atoms with Crippen LogP contribution in [0.5, 0.6) is 0 Å². The summed E-state index contributed by atoms with van der Waals surface area (Å²) >= 11 is 0. The molecule has 1 aromatic carbocycles. The predicted octanol–water partition coefficient (Wildman–Crippen LogP) is 5.81. The zero-order chi connectivity index (χ0) is 23.6. The highest BCUT2D eigenvalue weighted by Gasteiger charge is 2.18. The predicted molar refractivity (Wildman–Crippen MR) is 135 cm³/mol. The van der Waals surface area contributed by atoms with Gasteiger partial charge in [0.2, 0.25) is 5.95 Å². The van der Waals surface area contributed by atoms with Crippen molar-refractivity contribution in [1.82, 2.24) is 24.5 Å². The third-order valence-corrected chi connectivity index (χ3v) is 5.79. The highest BCUT2D eigenvalue weighted by molar-refractivity contribution is 5.87. The molecule has 0 radical (unpaired) electrons. The minimum absolute atomic E-state index is 0.0600. The lowest BCUT2D eigenvalue weighted by atomic mass is 9.86. The zero-order valence-corrected chi connectivity index (χ0v) is 20.3. The molecule has 0 saturated heterocycles. The van der Waals surface area contributed by atoms with Crippen LogP contribution in [0, 0.1) is 6.92 Å². The molecule has 0 amide bonds. The molecule has 3 heterocycles. The normalized spacial score (nSPS) is 11.8. The number of benzene rings is 1. The maximum Gasteiger partial charge on any atom is 0.226 e. The second kappa shape index (κ2) is 9.17. The molecule has 2 N–H and O–H groups in total. The fourth-order valence-electron chi connectivity index (χ4n) is 3.72. The SMILES string of the molecule is Cc1ccc(C(C)(C)C)cc1Nc1nc(NCCc2ccncc2)nc2ncn(C(C)C)c12. The van der Waals surface area contributed by atoms with Gasteiger partial charge in [0.1, 0.15) is 5.52 Å². The number of aromatic nitrogens is 5. The summed E-state index contributed by atoms with van der Waals surface area (Å²) in [6.45, 7) is 13.8. The van der Waals surface area contributed by atoms with E-state index in [2.05, 4.69) is 89.9 Å². The fraction of sp³-hybridized carbons (Fsp3) is 0.385. The quantitative estimate of drug-likeness (QED) is 0.375. The number of nitrogens with zero attached hydrogens (tertiary/aromatic N) is 5. The van der Waals surface area contributed by atoms with Crippen LogP contribution in [-0.2, 0) is 11.8 Å². The summed E-state index contributed by atoms with van der Waals surface area (Å²) in [7, 11) is 0. The first kappa shape index (κ1) is 22.7. The lowest BCUT2D eigenvalue weighted by Gasteiger charge is -2.21. The van der Waals surface area contributed by atoms with Crippen LogP contribution in [0.3, 0.4) is 0 Å². The second-order valence-electron chi connectivity index (χ2n) is 9.75. The number of pyridine rings is 1. The van der Waals surface area contributed by atoms with Crippen LogP contribution in [-0.4, -0.2) is 31.0 Å². The lowest BCUT2D eigenvalue weighted by Crippen LogP contribution is -2.13. The zero-order valence-electron chi connectivity index (χ0n) is 20.3. The molecule has 4 aromatic rings. The van der Waals surface area contributed by atoms with E-state index in [0.29, 0.717) is 11.6 Å². The van der Waals surface area contributed by atoms with E-state index in [9.17, 15) is 0 Å². The number of hydrogen-bond donors (Lipinski definition) is 2. The minimum atomic E-state index is 0.0600. The number of rotatable bonds is 7. The van der Waals surface area contributed by atoms with Crippen molar-refractivity contribution in [2.24, 2.45) is 0 Å². The van der Waals surface area contributed by atoms with E-state index < -0.39 is 0 Å². The van der Waals surface area contributed by atoms with Crippen molar-refractivity contribution in [2.45, 2.75) is 59.4 Å². The summed E-state index contributed by atoms with van der Waals surface area (Å²) in [6, 6.07) is 10.9. The van der Waals surface area contributed by atoms with Crippen LogP contribution in [0.2, 0.25) is 0 Å². The van der Waals surface area contributed by atoms with Gasteiger partial charge < -0.3 is 15.2 Å². The van der Waals surface area contributed by atoms with Gasteiger partial charge in [-0.3, -0.25) is 4.98 Å². The number of imidazole rings is 1. The summed E-state index contributed by atoms with van der Waals surface area (Å²) in [5, 5.41) is 6.97. The molecule has 0 aliphatic rings. The molecule has 172 valence electrons. The maximum atomic E-state index is 4.87. The Labute approximate surface area is 195 Å². The molecule has 33 heavy (non-hydrogen) atoms. The Morgan fingerprint density at radius 3 is 2.48 bits per heavy atom. The molecule has 4 rings (SSSR count).